The van der Waals surface area contributed by atoms with Gasteiger partial charge >= 0.3 is 7.12 Å². The third kappa shape index (κ3) is 2.93. The number of rotatable bonds is 4. The van der Waals surface area contributed by atoms with E-state index in [-0.39, 0.29) is 0 Å². The molecule has 0 amide bonds. The second kappa shape index (κ2) is 5.18. The number of nitrogens with one attached hydrogen (secondary N) is 1. The van der Waals surface area contributed by atoms with E-state index in [1.807, 2.05) is 24.3 Å². The Hall–Kier alpha value is -0.815. The maximum Gasteiger partial charge on any atom is 0.508 e. The number of benzene rings is 1. The lowest BCUT2D eigenvalue weighted by molar-refractivity contribution is -0.0983. The summed E-state index contributed by atoms with van der Waals surface area (Å²) in [6, 6.07) is 7.65. The fraction of sp³-hybridized carbons (Fsp3) is 0.429. The molecule has 2 rings (SSSR count). The van der Waals surface area contributed by atoms with E-state index in [4.69, 9.17) is 4.65 Å². The maximum atomic E-state index is 10.2. The lowest BCUT2D eigenvalue weighted by atomic mass is 9.80. The predicted octanol–water partition coefficient (Wildman–Crippen LogP) is 2.18. The highest BCUT2D eigenvalue weighted by Gasteiger charge is 2.39. The predicted molar refractivity (Wildman–Crippen MR) is 85.1 cm³/mol. The van der Waals surface area contributed by atoms with E-state index in [1.165, 1.54) is 0 Å². The molecule has 3 N–H and O–H groups in total. The van der Waals surface area contributed by atoms with Crippen molar-refractivity contribution in [2.24, 2.45) is 0 Å². The number of hydrogen-bond acceptors (Lipinski definition) is 3. The molecule has 0 bridgehead atoms. The van der Waals surface area contributed by atoms with Gasteiger partial charge in [0, 0.05) is 15.5 Å². The number of halogens is 1. The van der Waals surface area contributed by atoms with Crippen molar-refractivity contribution in [3.63, 3.8) is 0 Å². The van der Waals surface area contributed by atoms with Crippen molar-refractivity contribution in [2.45, 2.75) is 38.9 Å². The van der Waals surface area contributed by atoms with Gasteiger partial charge < -0.3 is 19.8 Å². The van der Waals surface area contributed by atoms with E-state index in [1.54, 1.807) is 27.7 Å². The summed E-state index contributed by atoms with van der Waals surface area (Å²) in [5.41, 5.74) is -0.489. The number of H-pyrrole nitrogens is 1. The topological polar surface area (TPSA) is 65.5 Å². The van der Waals surface area contributed by atoms with Gasteiger partial charge in [-0.1, -0.05) is 12.1 Å². The summed E-state index contributed by atoms with van der Waals surface area (Å²) in [4.78, 5) is 3.13. The Labute approximate surface area is 127 Å². The van der Waals surface area contributed by atoms with Crippen LogP contribution in [0, 0.1) is 0 Å². The van der Waals surface area contributed by atoms with E-state index in [2.05, 4.69) is 20.9 Å². The quantitative estimate of drug-likeness (QED) is 0.748. The summed E-state index contributed by atoms with van der Waals surface area (Å²) in [7, 11) is -1.13. The Morgan fingerprint density at radius 2 is 1.90 bits per heavy atom. The van der Waals surface area contributed by atoms with Crippen LogP contribution in [0.1, 0.15) is 27.7 Å². The van der Waals surface area contributed by atoms with Crippen molar-refractivity contribution >= 4 is 39.5 Å². The normalized spacial score (nSPS) is 12.9. The van der Waals surface area contributed by atoms with Crippen LogP contribution < -0.4 is 5.59 Å². The number of para-hydroxylation sites is 1. The fourth-order valence-corrected chi connectivity index (χ4v) is 2.24. The molecule has 1 aromatic carbocycles. The lowest BCUT2D eigenvalue weighted by Crippen LogP contribution is -2.53. The van der Waals surface area contributed by atoms with Crippen LogP contribution >= 0.6 is 15.9 Å². The molecule has 1 heterocycles. The van der Waals surface area contributed by atoms with Gasteiger partial charge in [0.25, 0.3) is 0 Å². The van der Waals surface area contributed by atoms with E-state index in [0.717, 1.165) is 15.4 Å². The molecule has 0 unspecified atom stereocenters. The highest BCUT2D eigenvalue weighted by molar-refractivity contribution is 9.10. The number of aliphatic hydroxyl groups is 1. The summed E-state index contributed by atoms with van der Waals surface area (Å²) in [5, 5.41) is 21.3. The van der Waals surface area contributed by atoms with E-state index < -0.39 is 18.3 Å². The van der Waals surface area contributed by atoms with Gasteiger partial charge in [0.1, 0.15) is 0 Å². The monoisotopic (exact) mass is 339 g/mol. The maximum absolute atomic E-state index is 10.2. The molecule has 2 aromatic rings. The molecule has 0 saturated heterocycles. The first-order chi connectivity index (χ1) is 9.12. The standard InChI is InChI=1S/C14H19BBrNO3/c1-13(2,18)14(3,4)20-15(19)11-8-9-6-5-7-10(16)12(9)17-11/h5-8,17-19H,1-4H3. The SMILES string of the molecule is CC(C)(O)C(C)(C)OB(O)c1cc2cccc(Br)c2[nH]1. The largest absolute Gasteiger partial charge is 0.508 e. The van der Waals surface area contributed by atoms with Crippen LogP contribution in [0.15, 0.2) is 28.7 Å². The molecule has 0 spiro atoms. The molecule has 0 aliphatic heterocycles. The van der Waals surface area contributed by atoms with Crippen LogP contribution in [0.4, 0.5) is 0 Å². The van der Waals surface area contributed by atoms with Crippen molar-refractivity contribution < 1.29 is 14.8 Å². The van der Waals surface area contributed by atoms with Crippen LogP contribution in [0.25, 0.3) is 10.9 Å². The van der Waals surface area contributed by atoms with Crippen molar-refractivity contribution in [1.29, 1.82) is 0 Å². The van der Waals surface area contributed by atoms with E-state index in [0.29, 0.717) is 5.59 Å². The molecule has 20 heavy (non-hydrogen) atoms. The first-order valence-corrected chi connectivity index (χ1v) is 7.26. The Morgan fingerprint density at radius 1 is 1.25 bits per heavy atom. The van der Waals surface area contributed by atoms with Crippen molar-refractivity contribution in [1.82, 2.24) is 4.98 Å². The molecule has 0 fully saturated rings. The van der Waals surface area contributed by atoms with Crippen LogP contribution in [0.5, 0.6) is 0 Å². The number of fused-ring (bicyclic) bond motifs is 1. The van der Waals surface area contributed by atoms with Gasteiger partial charge in [0.05, 0.1) is 16.7 Å². The fourth-order valence-electron chi connectivity index (χ4n) is 1.76. The smallest absolute Gasteiger partial charge is 0.422 e. The van der Waals surface area contributed by atoms with Crippen LogP contribution in [-0.2, 0) is 4.65 Å². The molecule has 108 valence electrons. The molecule has 0 saturated carbocycles. The second-order valence-corrected chi connectivity index (χ2v) is 6.82. The summed E-state index contributed by atoms with van der Waals surface area (Å²) < 4.78 is 6.54. The zero-order chi connectivity index (χ0) is 15.1. The van der Waals surface area contributed by atoms with Gasteiger partial charge in [-0.25, -0.2) is 0 Å². The lowest BCUT2D eigenvalue weighted by Gasteiger charge is -2.38. The molecular weight excluding hydrogens is 321 g/mol. The van der Waals surface area contributed by atoms with Crippen molar-refractivity contribution in [2.75, 3.05) is 0 Å². The Bertz CT molecular complexity index is 618. The minimum absolute atomic E-state index is 0.559. The zero-order valence-corrected chi connectivity index (χ0v) is 13.7. The van der Waals surface area contributed by atoms with Gasteiger partial charge in [0.15, 0.2) is 0 Å². The Kier molecular flexibility index (Phi) is 4.04. The Balaban J connectivity index is 2.28. The average molecular weight is 340 g/mol. The van der Waals surface area contributed by atoms with Gasteiger partial charge in [0.2, 0.25) is 0 Å². The first-order valence-electron chi connectivity index (χ1n) is 6.47. The number of hydrogen-bond donors (Lipinski definition) is 3. The zero-order valence-electron chi connectivity index (χ0n) is 12.1. The summed E-state index contributed by atoms with van der Waals surface area (Å²) in [6.45, 7) is 6.80. The summed E-state index contributed by atoms with van der Waals surface area (Å²) in [5.74, 6) is 0. The summed E-state index contributed by atoms with van der Waals surface area (Å²) in [6.07, 6.45) is 0. The third-order valence-electron chi connectivity index (χ3n) is 3.77. The van der Waals surface area contributed by atoms with E-state index >= 15 is 0 Å². The molecular formula is C14H19BBrNO3. The molecule has 1 aromatic heterocycles. The van der Waals surface area contributed by atoms with E-state index in [9.17, 15) is 10.1 Å². The van der Waals surface area contributed by atoms with Crippen LogP contribution in [0.3, 0.4) is 0 Å². The second-order valence-electron chi connectivity index (χ2n) is 5.97. The van der Waals surface area contributed by atoms with Crippen molar-refractivity contribution in [3.05, 3.63) is 28.7 Å². The minimum Gasteiger partial charge on any atom is -0.422 e. The Morgan fingerprint density at radius 3 is 2.45 bits per heavy atom. The first kappa shape index (κ1) is 15.6. The summed E-state index contributed by atoms with van der Waals surface area (Å²) >= 11 is 3.46. The highest BCUT2D eigenvalue weighted by atomic mass is 79.9. The molecule has 0 aliphatic rings. The van der Waals surface area contributed by atoms with Crippen LogP contribution in [-0.4, -0.2) is 33.4 Å². The van der Waals surface area contributed by atoms with Gasteiger partial charge in [-0.05, 0) is 55.8 Å². The number of aromatic nitrogens is 1. The minimum atomic E-state index is -1.13. The molecule has 6 heteroatoms. The molecule has 0 radical (unpaired) electrons. The molecule has 0 atom stereocenters. The van der Waals surface area contributed by atoms with Gasteiger partial charge in [-0.3, -0.25) is 0 Å². The number of aromatic amines is 1. The van der Waals surface area contributed by atoms with Gasteiger partial charge in [-0.2, -0.15) is 0 Å². The average Bonchev–Trinajstić information content (AvgIpc) is 2.72. The molecule has 4 nitrogen and oxygen atoms in total. The third-order valence-corrected chi connectivity index (χ3v) is 4.43. The molecule has 0 aliphatic carbocycles. The van der Waals surface area contributed by atoms with Crippen molar-refractivity contribution in [3.8, 4) is 0 Å². The van der Waals surface area contributed by atoms with Crippen LogP contribution in [0.2, 0.25) is 0 Å². The van der Waals surface area contributed by atoms with Gasteiger partial charge in [-0.15, -0.1) is 0 Å². The highest BCUT2D eigenvalue weighted by Crippen LogP contribution is 2.26.